The Morgan fingerprint density at radius 2 is 2.07 bits per heavy atom. The second-order valence-corrected chi connectivity index (χ2v) is 6.58. The van der Waals surface area contributed by atoms with Gasteiger partial charge in [0.25, 0.3) is 0 Å². The molecule has 1 aromatic rings. The van der Waals surface area contributed by atoms with E-state index < -0.39 is 40.4 Å². The molecule has 1 aliphatic carbocycles. The maximum absolute atomic E-state index is 14.6. The summed E-state index contributed by atoms with van der Waals surface area (Å²) in [5, 5.41) is 5.20. The van der Waals surface area contributed by atoms with E-state index in [4.69, 9.17) is 5.73 Å². The molecule has 3 rings (SSSR count). The second kappa shape index (κ2) is 6.56. The SMILES string of the molecule is CCNC(=O)NC1(N2C=CC=CC2)CC1(N)c1c(F)cccc1C(F)(F)F. The third kappa shape index (κ3) is 3.16. The topological polar surface area (TPSA) is 70.4 Å². The van der Waals surface area contributed by atoms with Gasteiger partial charge in [-0.1, -0.05) is 18.2 Å². The summed E-state index contributed by atoms with van der Waals surface area (Å²) in [6.07, 6.45) is 1.98. The lowest BCUT2D eigenvalue weighted by atomic mass is 9.95. The quantitative estimate of drug-likeness (QED) is 0.700. The highest BCUT2D eigenvalue weighted by molar-refractivity contribution is 5.76. The fourth-order valence-electron chi connectivity index (χ4n) is 3.60. The molecule has 1 saturated carbocycles. The number of allylic oxidation sites excluding steroid dienone is 2. The van der Waals surface area contributed by atoms with Crippen molar-refractivity contribution in [3.8, 4) is 0 Å². The maximum atomic E-state index is 14.6. The van der Waals surface area contributed by atoms with Crippen LogP contribution in [0.2, 0.25) is 0 Å². The number of halogens is 4. The average Bonchev–Trinajstić information content (AvgIpc) is 3.20. The molecule has 0 aromatic heterocycles. The number of benzene rings is 1. The van der Waals surface area contributed by atoms with Gasteiger partial charge in [-0.15, -0.1) is 0 Å². The molecule has 5 nitrogen and oxygen atoms in total. The van der Waals surface area contributed by atoms with Crippen LogP contribution in [-0.2, 0) is 11.7 Å². The van der Waals surface area contributed by atoms with E-state index in [0.29, 0.717) is 13.1 Å². The van der Waals surface area contributed by atoms with Gasteiger partial charge < -0.3 is 21.3 Å². The molecule has 0 saturated heterocycles. The Hall–Kier alpha value is -2.55. The van der Waals surface area contributed by atoms with Crippen molar-refractivity contribution in [1.82, 2.24) is 15.5 Å². The van der Waals surface area contributed by atoms with Gasteiger partial charge in [-0.05, 0) is 25.1 Å². The van der Waals surface area contributed by atoms with Crippen molar-refractivity contribution in [2.75, 3.05) is 13.1 Å². The Kier molecular flexibility index (Phi) is 4.67. The van der Waals surface area contributed by atoms with Crippen molar-refractivity contribution >= 4 is 6.03 Å². The normalized spacial score (nSPS) is 26.8. The highest BCUT2D eigenvalue weighted by atomic mass is 19.4. The zero-order chi connectivity index (χ0) is 19.9. The van der Waals surface area contributed by atoms with Gasteiger partial charge in [0.2, 0.25) is 0 Å². The monoisotopic (exact) mass is 384 g/mol. The van der Waals surface area contributed by atoms with Gasteiger partial charge >= 0.3 is 12.2 Å². The van der Waals surface area contributed by atoms with Crippen molar-refractivity contribution in [1.29, 1.82) is 0 Å². The fraction of sp³-hybridized carbons (Fsp3) is 0.389. The summed E-state index contributed by atoms with van der Waals surface area (Å²) in [6.45, 7) is 2.34. The van der Waals surface area contributed by atoms with Crippen LogP contribution < -0.4 is 16.4 Å². The number of hydrogen-bond donors (Lipinski definition) is 3. The molecule has 27 heavy (non-hydrogen) atoms. The predicted octanol–water partition coefficient (Wildman–Crippen LogP) is 2.80. The predicted molar refractivity (Wildman–Crippen MR) is 91.8 cm³/mol. The van der Waals surface area contributed by atoms with Gasteiger partial charge in [-0.3, -0.25) is 0 Å². The van der Waals surface area contributed by atoms with Gasteiger partial charge in [-0.2, -0.15) is 13.2 Å². The Bertz CT molecular complexity index is 807. The zero-order valence-corrected chi connectivity index (χ0v) is 14.6. The largest absolute Gasteiger partial charge is 0.416 e. The van der Waals surface area contributed by atoms with E-state index in [2.05, 4.69) is 10.6 Å². The number of hydrogen-bond acceptors (Lipinski definition) is 3. The molecule has 146 valence electrons. The van der Waals surface area contributed by atoms with Crippen LogP contribution in [0.1, 0.15) is 24.5 Å². The average molecular weight is 384 g/mol. The van der Waals surface area contributed by atoms with Crippen molar-refractivity contribution in [3.63, 3.8) is 0 Å². The Labute approximate surface area is 153 Å². The minimum atomic E-state index is -4.78. The lowest BCUT2D eigenvalue weighted by Crippen LogP contribution is -2.58. The number of nitrogens with two attached hydrogens (primary N) is 1. The summed E-state index contributed by atoms with van der Waals surface area (Å²) in [4.78, 5) is 13.8. The van der Waals surface area contributed by atoms with E-state index in [1.807, 2.05) is 0 Å². The molecule has 9 heteroatoms. The van der Waals surface area contributed by atoms with E-state index in [1.54, 1.807) is 36.3 Å². The number of carbonyl (C=O) groups is 1. The lowest BCUT2D eigenvalue weighted by molar-refractivity contribution is -0.138. The molecule has 1 heterocycles. The van der Waals surface area contributed by atoms with Gasteiger partial charge in [0.15, 0.2) is 0 Å². The summed E-state index contributed by atoms with van der Waals surface area (Å²) < 4.78 is 55.1. The Morgan fingerprint density at radius 1 is 1.33 bits per heavy atom. The molecule has 1 aromatic carbocycles. The number of urea groups is 1. The molecule has 2 aliphatic rings. The van der Waals surface area contributed by atoms with Crippen LogP contribution in [0.3, 0.4) is 0 Å². The van der Waals surface area contributed by atoms with Crippen LogP contribution in [-0.4, -0.2) is 29.7 Å². The molecule has 4 N–H and O–H groups in total. The van der Waals surface area contributed by atoms with Gasteiger partial charge in [0, 0.05) is 31.3 Å². The molecule has 0 spiro atoms. The van der Waals surface area contributed by atoms with Crippen LogP contribution >= 0.6 is 0 Å². The van der Waals surface area contributed by atoms with Gasteiger partial charge in [0.05, 0.1) is 11.1 Å². The third-order valence-corrected chi connectivity index (χ3v) is 4.88. The smallest absolute Gasteiger partial charge is 0.349 e. The van der Waals surface area contributed by atoms with E-state index >= 15 is 0 Å². The Morgan fingerprint density at radius 3 is 2.67 bits per heavy atom. The van der Waals surface area contributed by atoms with Crippen LogP contribution in [0.15, 0.2) is 42.6 Å². The van der Waals surface area contributed by atoms with Crippen LogP contribution in [0.4, 0.5) is 22.4 Å². The van der Waals surface area contributed by atoms with E-state index in [-0.39, 0.29) is 6.42 Å². The molecule has 0 bridgehead atoms. The van der Waals surface area contributed by atoms with Gasteiger partial charge in [-0.25, -0.2) is 9.18 Å². The van der Waals surface area contributed by atoms with E-state index in [1.165, 1.54) is 0 Å². The Balaban J connectivity index is 2.08. The summed E-state index contributed by atoms with van der Waals surface area (Å²) in [7, 11) is 0. The minimum absolute atomic E-state index is 0.0701. The van der Waals surface area contributed by atoms with Crippen molar-refractivity contribution < 1.29 is 22.4 Å². The van der Waals surface area contributed by atoms with Crippen LogP contribution in [0.25, 0.3) is 0 Å². The summed E-state index contributed by atoms with van der Waals surface area (Å²) in [5.74, 6) is -1.05. The van der Waals surface area contributed by atoms with Crippen molar-refractivity contribution in [3.05, 3.63) is 59.6 Å². The zero-order valence-electron chi connectivity index (χ0n) is 14.6. The molecule has 2 atom stereocenters. The molecule has 1 fully saturated rings. The molecular formula is C18H20F4N4O. The molecule has 2 amide bonds. The van der Waals surface area contributed by atoms with Crippen LogP contribution in [0.5, 0.6) is 0 Å². The number of amides is 2. The standard InChI is InChI=1S/C18H20F4N4O/c1-2-24-15(27)25-17(26-9-4-3-5-10-26)11-16(17,23)14-12(18(20,21)22)7-6-8-13(14)19/h3-9H,2,10-11,23H2,1H3,(H2,24,25,27). The van der Waals surface area contributed by atoms with E-state index in [9.17, 15) is 22.4 Å². The van der Waals surface area contributed by atoms with Crippen LogP contribution in [0, 0.1) is 5.82 Å². The second-order valence-electron chi connectivity index (χ2n) is 6.58. The number of nitrogens with one attached hydrogen (secondary N) is 2. The number of rotatable bonds is 4. The first-order valence-electron chi connectivity index (χ1n) is 8.47. The highest BCUT2D eigenvalue weighted by Gasteiger charge is 2.72. The molecular weight excluding hydrogens is 364 g/mol. The van der Waals surface area contributed by atoms with Crippen molar-refractivity contribution in [2.45, 2.75) is 30.7 Å². The highest BCUT2D eigenvalue weighted by Crippen LogP contribution is 2.58. The third-order valence-electron chi connectivity index (χ3n) is 4.88. The summed E-state index contributed by atoms with van der Waals surface area (Å²) in [6, 6.07) is 2.15. The first-order chi connectivity index (χ1) is 12.7. The van der Waals surface area contributed by atoms with E-state index in [0.717, 1.165) is 18.2 Å². The maximum Gasteiger partial charge on any atom is 0.416 e. The summed E-state index contributed by atoms with van der Waals surface area (Å²) >= 11 is 0. The lowest BCUT2D eigenvalue weighted by Gasteiger charge is -2.36. The molecule has 2 unspecified atom stereocenters. The molecule has 0 radical (unpaired) electrons. The number of nitrogens with zero attached hydrogens (tertiary/aromatic N) is 1. The number of carbonyl (C=O) groups excluding carboxylic acids is 1. The fourth-order valence-corrected chi connectivity index (χ4v) is 3.60. The number of alkyl halides is 3. The first-order valence-corrected chi connectivity index (χ1v) is 8.47. The van der Waals surface area contributed by atoms with Crippen molar-refractivity contribution in [2.24, 2.45) is 5.73 Å². The van der Waals surface area contributed by atoms with Gasteiger partial charge in [0.1, 0.15) is 11.5 Å². The first kappa shape index (κ1) is 19.2. The minimum Gasteiger partial charge on any atom is -0.349 e. The molecule has 1 aliphatic heterocycles. The summed E-state index contributed by atoms with van der Waals surface area (Å²) in [5.41, 5.74) is 1.43.